The van der Waals surface area contributed by atoms with Crippen LogP contribution in [0.3, 0.4) is 0 Å². The van der Waals surface area contributed by atoms with E-state index in [1.165, 1.54) is 0 Å². The molecule has 0 aliphatic rings. The summed E-state index contributed by atoms with van der Waals surface area (Å²) < 4.78 is 28.5. The minimum atomic E-state index is -3.66. The number of halogens is 2. The molecule has 0 amide bonds. The van der Waals surface area contributed by atoms with Gasteiger partial charge in [0.25, 0.3) is 10.0 Å². The van der Waals surface area contributed by atoms with Crippen LogP contribution in [0.25, 0.3) is 0 Å². The van der Waals surface area contributed by atoms with Crippen molar-refractivity contribution in [2.45, 2.75) is 11.4 Å². The largest absolute Gasteiger partial charge is 0.326 e. The Morgan fingerprint density at radius 3 is 2.55 bits per heavy atom. The number of nitrogens with one attached hydrogen (secondary N) is 1. The first-order chi connectivity index (χ1) is 9.42. The van der Waals surface area contributed by atoms with E-state index < -0.39 is 10.0 Å². The van der Waals surface area contributed by atoms with E-state index in [4.69, 9.17) is 5.73 Å². The van der Waals surface area contributed by atoms with Crippen LogP contribution in [0.15, 0.2) is 56.3 Å². The standard InChI is InChI=1S/C13H12Br2N2O2S/c14-10-4-5-12(15)13(7-10)20(18,19)17-11-3-1-2-9(6-11)8-16/h1-7,17H,8,16H2. The van der Waals surface area contributed by atoms with Gasteiger partial charge in [0.05, 0.1) is 0 Å². The second-order valence-electron chi connectivity index (χ2n) is 4.08. The summed E-state index contributed by atoms with van der Waals surface area (Å²) in [5, 5.41) is 0. The van der Waals surface area contributed by atoms with Crippen molar-refractivity contribution in [1.82, 2.24) is 0 Å². The normalized spacial score (nSPS) is 11.3. The topological polar surface area (TPSA) is 72.2 Å². The fourth-order valence-electron chi connectivity index (χ4n) is 1.66. The zero-order chi connectivity index (χ0) is 14.8. The number of rotatable bonds is 4. The number of sulfonamides is 1. The van der Waals surface area contributed by atoms with Gasteiger partial charge < -0.3 is 5.73 Å². The second kappa shape index (κ2) is 6.26. The van der Waals surface area contributed by atoms with Gasteiger partial charge in [-0.3, -0.25) is 4.72 Å². The van der Waals surface area contributed by atoms with Crippen molar-refractivity contribution < 1.29 is 8.42 Å². The molecule has 2 aromatic carbocycles. The van der Waals surface area contributed by atoms with Crippen molar-refractivity contribution in [3.63, 3.8) is 0 Å². The van der Waals surface area contributed by atoms with Gasteiger partial charge in [0.1, 0.15) is 4.90 Å². The highest BCUT2D eigenvalue weighted by Crippen LogP contribution is 2.27. The third-order valence-corrected chi connectivity index (χ3v) is 5.47. The molecule has 0 spiro atoms. The Morgan fingerprint density at radius 2 is 1.85 bits per heavy atom. The lowest BCUT2D eigenvalue weighted by Gasteiger charge is -2.11. The maximum Gasteiger partial charge on any atom is 0.263 e. The average molecular weight is 420 g/mol. The van der Waals surface area contributed by atoms with Crippen molar-refractivity contribution in [1.29, 1.82) is 0 Å². The van der Waals surface area contributed by atoms with Crippen molar-refractivity contribution in [2.75, 3.05) is 4.72 Å². The highest BCUT2D eigenvalue weighted by atomic mass is 79.9. The highest BCUT2D eigenvalue weighted by Gasteiger charge is 2.18. The molecule has 0 fully saturated rings. The van der Waals surface area contributed by atoms with Crippen LogP contribution in [0.5, 0.6) is 0 Å². The molecule has 0 saturated carbocycles. The van der Waals surface area contributed by atoms with Crippen molar-refractivity contribution in [2.24, 2.45) is 5.73 Å². The van der Waals surface area contributed by atoms with E-state index in [9.17, 15) is 8.42 Å². The molecule has 4 nitrogen and oxygen atoms in total. The van der Waals surface area contributed by atoms with Crippen LogP contribution in [-0.4, -0.2) is 8.42 Å². The number of benzene rings is 2. The fraction of sp³-hybridized carbons (Fsp3) is 0.0769. The van der Waals surface area contributed by atoms with Gasteiger partial charge in [-0.05, 0) is 51.8 Å². The third kappa shape index (κ3) is 3.60. The van der Waals surface area contributed by atoms with Crippen molar-refractivity contribution >= 4 is 47.6 Å². The maximum absolute atomic E-state index is 12.4. The summed E-state index contributed by atoms with van der Waals surface area (Å²) in [4.78, 5) is 0.171. The summed E-state index contributed by atoms with van der Waals surface area (Å²) in [6.07, 6.45) is 0. The molecule has 3 N–H and O–H groups in total. The molecule has 0 heterocycles. The van der Waals surface area contributed by atoms with Gasteiger partial charge >= 0.3 is 0 Å². The Morgan fingerprint density at radius 1 is 1.10 bits per heavy atom. The molecule has 0 aliphatic carbocycles. The minimum Gasteiger partial charge on any atom is -0.326 e. The van der Waals surface area contributed by atoms with Gasteiger partial charge in [0, 0.05) is 21.2 Å². The fourth-order valence-corrected chi connectivity index (χ4v) is 4.21. The molecule has 0 bridgehead atoms. The van der Waals surface area contributed by atoms with Crippen LogP contribution in [0.2, 0.25) is 0 Å². The first-order valence-electron chi connectivity index (χ1n) is 5.69. The van der Waals surface area contributed by atoms with Crippen LogP contribution < -0.4 is 10.5 Å². The van der Waals surface area contributed by atoms with E-state index in [0.717, 1.165) is 5.56 Å². The Bertz CT molecular complexity index is 733. The molecule has 2 rings (SSSR count). The van der Waals surface area contributed by atoms with E-state index in [0.29, 0.717) is 21.2 Å². The molecule has 0 atom stereocenters. The summed E-state index contributed by atoms with van der Waals surface area (Å²) in [7, 11) is -3.66. The summed E-state index contributed by atoms with van der Waals surface area (Å²) in [5.41, 5.74) is 6.89. The first-order valence-corrected chi connectivity index (χ1v) is 8.76. The Labute approximate surface area is 134 Å². The Kier molecular flexibility index (Phi) is 4.85. The van der Waals surface area contributed by atoms with Gasteiger partial charge in [0.2, 0.25) is 0 Å². The van der Waals surface area contributed by atoms with Crippen LogP contribution in [0.4, 0.5) is 5.69 Å². The molecule has 0 saturated heterocycles. The molecular formula is C13H12Br2N2O2S. The van der Waals surface area contributed by atoms with E-state index >= 15 is 0 Å². The number of nitrogens with two attached hydrogens (primary N) is 1. The van der Waals surface area contributed by atoms with Crippen LogP contribution in [0, 0.1) is 0 Å². The minimum absolute atomic E-state index is 0.171. The monoisotopic (exact) mass is 418 g/mol. The zero-order valence-electron chi connectivity index (χ0n) is 10.3. The van der Waals surface area contributed by atoms with Gasteiger partial charge in [-0.15, -0.1) is 0 Å². The third-order valence-electron chi connectivity index (χ3n) is 2.60. The lowest BCUT2D eigenvalue weighted by Crippen LogP contribution is -2.14. The predicted molar refractivity (Wildman–Crippen MR) is 87.0 cm³/mol. The molecular weight excluding hydrogens is 408 g/mol. The van der Waals surface area contributed by atoms with Gasteiger partial charge in [-0.25, -0.2) is 8.42 Å². The van der Waals surface area contributed by atoms with Gasteiger partial charge in [-0.1, -0.05) is 28.1 Å². The van der Waals surface area contributed by atoms with E-state index in [1.807, 2.05) is 6.07 Å². The van der Waals surface area contributed by atoms with Gasteiger partial charge in [0.15, 0.2) is 0 Å². The number of hydrogen-bond acceptors (Lipinski definition) is 3. The Balaban J connectivity index is 2.38. The Hall–Kier alpha value is -0.890. The molecule has 106 valence electrons. The van der Waals surface area contributed by atoms with Crippen LogP contribution in [0.1, 0.15) is 5.56 Å². The van der Waals surface area contributed by atoms with E-state index in [1.54, 1.807) is 36.4 Å². The second-order valence-corrected chi connectivity index (χ2v) is 7.51. The SMILES string of the molecule is NCc1cccc(NS(=O)(=O)c2cc(Br)ccc2Br)c1. The van der Waals surface area contributed by atoms with E-state index in [-0.39, 0.29) is 4.90 Å². The first kappa shape index (κ1) is 15.5. The molecule has 2 aromatic rings. The molecule has 0 aromatic heterocycles. The lowest BCUT2D eigenvalue weighted by molar-refractivity contribution is 0.600. The smallest absolute Gasteiger partial charge is 0.263 e. The molecule has 0 radical (unpaired) electrons. The molecule has 7 heteroatoms. The average Bonchev–Trinajstić information content (AvgIpc) is 2.41. The lowest BCUT2D eigenvalue weighted by atomic mass is 10.2. The molecule has 20 heavy (non-hydrogen) atoms. The quantitative estimate of drug-likeness (QED) is 0.796. The maximum atomic E-state index is 12.4. The summed E-state index contributed by atoms with van der Waals surface area (Å²) in [6.45, 7) is 0.357. The zero-order valence-corrected chi connectivity index (χ0v) is 14.3. The predicted octanol–water partition coefficient (Wildman–Crippen LogP) is 3.47. The molecule has 0 aliphatic heterocycles. The van der Waals surface area contributed by atoms with Crippen molar-refractivity contribution in [3.8, 4) is 0 Å². The van der Waals surface area contributed by atoms with Crippen molar-refractivity contribution in [3.05, 3.63) is 57.0 Å². The summed E-state index contributed by atoms with van der Waals surface area (Å²) >= 11 is 6.52. The molecule has 0 unspecified atom stereocenters. The summed E-state index contributed by atoms with van der Waals surface area (Å²) in [5.74, 6) is 0. The van der Waals surface area contributed by atoms with Gasteiger partial charge in [-0.2, -0.15) is 0 Å². The van der Waals surface area contributed by atoms with Crippen LogP contribution in [-0.2, 0) is 16.6 Å². The van der Waals surface area contributed by atoms with E-state index in [2.05, 4.69) is 36.6 Å². The number of hydrogen-bond donors (Lipinski definition) is 2. The summed E-state index contributed by atoms with van der Waals surface area (Å²) in [6, 6.07) is 12.0. The highest BCUT2D eigenvalue weighted by molar-refractivity contribution is 9.11. The van der Waals surface area contributed by atoms with Crippen LogP contribution >= 0.6 is 31.9 Å². The number of anilines is 1.